The minimum atomic E-state index is -0.867. The number of carbonyl (C=O) groups is 3. The molecule has 1 atom stereocenters. The Morgan fingerprint density at radius 1 is 0.578 bits per heavy atom. The Morgan fingerprint density at radius 3 is 0.980 bits per heavy atom. The van der Waals surface area contributed by atoms with Crippen molar-refractivity contribution in [2.45, 2.75) is 225 Å². The largest absolute Gasteiger partial charge is 0.466 e. The fourth-order valence-corrected chi connectivity index (χ4v) is 4.90. The molecule has 0 aromatic heterocycles. The van der Waals surface area contributed by atoms with Crippen molar-refractivity contribution in [3.63, 3.8) is 0 Å². The Hall–Kier alpha value is -4.48. The zero-order chi connectivity index (χ0) is 77.3. The Kier molecular flexibility index (Phi) is 154. The summed E-state index contributed by atoms with van der Waals surface area (Å²) in [6.07, 6.45) is 15.0. The maximum Gasteiger partial charge on any atom is 0.330 e. The van der Waals surface area contributed by atoms with Gasteiger partial charge in [-0.05, 0) is 157 Å². The summed E-state index contributed by atoms with van der Waals surface area (Å²) in [4.78, 5) is 38.1. The number of allylic oxidation sites excluding steroid dienone is 1. The van der Waals surface area contributed by atoms with Gasteiger partial charge in [0.15, 0.2) is 5.11 Å². The summed E-state index contributed by atoms with van der Waals surface area (Å²) < 4.78 is 13.1. The summed E-state index contributed by atoms with van der Waals surface area (Å²) in [5, 5.41) is 35.4. The fourth-order valence-electron chi connectivity index (χ4n) is 4.90. The lowest BCUT2D eigenvalue weighted by molar-refractivity contribution is -0.137. The van der Waals surface area contributed by atoms with Crippen LogP contribution in [0.5, 0.6) is 0 Å². The number of Topliss-reactive ketones (excluding diaryl/α,β-unsaturated/α-hetero) is 1. The number of nitrogens with one attached hydrogen (secondary N) is 3. The van der Waals surface area contributed by atoms with Crippen LogP contribution in [0.15, 0.2) is 109 Å². The molecule has 612 valence electrons. The fraction of sp³-hybridized carbons (Fsp3) is 0.651. The highest BCUT2D eigenvalue weighted by atomic mass is 32.2. The summed E-state index contributed by atoms with van der Waals surface area (Å²) >= 11 is 11.2. The predicted molar refractivity (Wildman–Crippen MR) is 480 cm³/mol. The van der Waals surface area contributed by atoms with Gasteiger partial charge in [-0.15, -0.1) is 18.9 Å². The van der Waals surface area contributed by atoms with Crippen LogP contribution in [0.1, 0.15) is 194 Å². The number of carbonyl (C=O) groups excluding carboxylic acids is 3. The van der Waals surface area contributed by atoms with Gasteiger partial charge in [0.1, 0.15) is 5.78 Å². The number of unbranched alkanes of at least 4 members (excludes halogenated alkanes) is 1. The second-order valence-corrected chi connectivity index (χ2v) is 30.2. The van der Waals surface area contributed by atoms with E-state index in [9.17, 15) is 14.4 Å². The quantitative estimate of drug-likeness (QED) is 0.0139. The molecule has 0 fully saturated rings. The Bertz CT molecular complexity index is 1980. The van der Waals surface area contributed by atoms with Crippen LogP contribution in [0.3, 0.4) is 0 Å². The van der Waals surface area contributed by atoms with E-state index in [1.807, 2.05) is 94.3 Å². The Morgan fingerprint density at radius 2 is 0.843 bits per heavy atom. The molecule has 0 aliphatic carbocycles. The number of ether oxygens (including phenoxy) is 3. The van der Waals surface area contributed by atoms with Crippen LogP contribution in [0, 0.1) is 27.7 Å². The lowest BCUT2D eigenvalue weighted by atomic mass is 10.0. The highest BCUT2D eigenvalue weighted by molar-refractivity contribution is 7.97. The molecule has 0 spiro atoms. The highest BCUT2D eigenvalue weighted by Gasteiger charge is 2.04. The number of aliphatic hydroxyl groups is 3. The van der Waals surface area contributed by atoms with Crippen molar-refractivity contribution in [2.75, 3.05) is 143 Å². The van der Waals surface area contributed by atoms with E-state index >= 15 is 0 Å². The molecule has 1 unspecified atom stereocenters. The Labute approximate surface area is 653 Å². The molecule has 3 rings (SSSR count). The molecule has 19 heteroatoms. The molecule has 102 heavy (non-hydrogen) atoms. The summed E-state index contributed by atoms with van der Waals surface area (Å²) in [6.45, 7) is 48.2. The van der Waals surface area contributed by atoms with E-state index in [4.69, 9.17) is 32.3 Å². The second kappa shape index (κ2) is 112. The monoisotopic (exact) mass is 1520 g/mol. The van der Waals surface area contributed by atoms with Gasteiger partial charge in [-0.1, -0.05) is 252 Å². The molecule has 3 aromatic rings. The molecule has 0 heterocycles. The van der Waals surface area contributed by atoms with E-state index < -0.39 is 20.0 Å². The van der Waals surface area contributed by atoms with Gasteiger partial charge in [0.05, 0.1) is 48.2 Å². The zero-order valence-electron chi connectivity index (χ0n) is 67.0. The van der Waals surface area contributed by atoms with E-state index in [0.717, 1.165) is 57.5 Å². The number of thiocarbonyl (C=S) groups is 2. The lowest BCUT2D eigenvalue weighted by Crippen LogP contribution is -2.33. The van der Waals surface area contributed by atoms with E-state index in [2.05, 4.69) is 221 Å². The molecule has 0 saturated heterocycles. The lowest BCUT2D eigenvalue weighted by Gasteiger charge is -2.20. The summed E-state index contributed by atoms with van der Waals surface area (Å²) in [5.41, 5.74) is 11.1. The number of thioether (sulfide) groups is 1. The van der Waals surface area contributed by atoms with E-state index in [-0.39, 0.29) is 63.9 Å². The van der Waals surface area contributed by atoms with Crippen molar-refractivity contribution in [3.05, 3.63) is 132 Å². The Balaban J connectivity index is -0.0000000517. The van der Waals surface area contributed by atoms with Crippen LogP contribution >= 0.6 is 36.2 Å². The smallest absolute Gasteiger partial charge is 0.330 e. The van der Waals surface area contributed by atoms with Gasteiger partial charge in [0, 0.05) is 72.4 Å². The van der Waals surface area contributed by atoms with Crippen LogP contribution in [0.25, 0.3) is 11.1 Å². The molecule has 0 radical (unpaired) electrons. The predicted octanol–water partition coefficient (Wildman–Crippen LogP) is 20.1. The third kappa shape index (κ3) is 158. The number of aliphatic hydroxyl groups excluding tert-OH is 3. The van der Waals surface area contributed by atoms with Crippen molar-refractivity contribution in [2.24, 2.45) is 0 Å². The number of likely N-dealkylation sites (N-methyl/N-ethyl adjacent to an activating group) is 2. The van der Waals surface area contributed by atoms with E-state index in [1.54, 1.807) is 33.0 Å². The number of hydrogen-bond donors (Lipinski definition) is 6. The zero-order valence-corrected chi connectivity index (χ0v) is 70.5. The molecular formula is C83H174N6O9S3Si. The first-order chi connectivity index (χ1) is 44.9. The first-order valence-corrected chi connectivity index (χ1v) is 39.6. The van der Waals surface area contributed by atoms with Gasteiger partial charge < -0.3 is 60.2 Å². The molecule has 3 aromatic carbocycles. The van der Waals surface area contributed by atoms with Gasteiger partial charge in [-0.2, -0.15) is 11.8 Å². The third-order valence-corrected chi connectivity index (χ3v) is 12.9. The van der Waals surface area contributed by atoms with E-state index in [0.29, 0.717) is 43.4 Å². The highest BCUT2D eigenvalue weighted by Crippen LogP contribution is 2.20. The number of nitrogens with zero attached hydrogens (tertiary/aromatic N) is 3. The minimum absolute atomic E-state index is 0. The molecule has 15 nitrogen and oxygen atoms in total. The normalized spacial score (nSPS) is 9.02. The number of rotatable bonds is 22. The topological polar surface area (TPSA) is 185 Å². The summed E-state index contributed by atoms with van der Waals surface area (Å²) in [6, 6.07) is 25.7. The van der Waals surface area contributed by atoms with Crippen LogP contribution < -0.4 is 16.0 Å². The van der Waals surface area contributed by atoms with Crippen LogP contribution in [-0.2, 0) is 28.6 Å². The summed E-state index contributed by atoms with van der Waals surface area (Å²) in [7, 11) is 18.7. The number of methoxy groups -OCH3 is 3. The van der Waals surface area contributed by atoms with Gasteiger partial charge in [0.25, 0.3) is 0 Å². The molecule has 0 aliphatic rings. The SMILES string of the molecule is C.C.C.C.C.C.C=C(C)C.C=C[Si](C)(C)C.CCC.CCC(=O)CC.CCC(=S)CC.CCCC(O)COC.CCCCNC.CN(C)C.CN(CCO)CCN(C)CCO.CNC(=S)NC.COC(=O)/C=C/C(=O)OC.CSC.Cc1ccc(-c2ccc(C)cc2)cc1.Cc1ccc(C)cc1. The second-order valence-electron chi connectivity index (χ2n) is 23.2. The van der Waals surface area contributed by atoms with Crippen molar-refractivity contribution in [3.8, 4) is 11.1 Å². The van der Waals surface area contributed by atoms with Crippen molar-refractivity contribution in [1.82, 2.24) is 30.7 Å². The van der Waals surface area contributed by atoms with Crippen LogP contribution in [0.2, 0.25) is 19.6 Å². The first kappa shape index (κ1) is 140. The number of benzene rings is 3. The molecule has 0 saturated carbocycles. The van der Waals surface area contributed by atoms with Crippen LogP contribution in [-0.4, -0.2) is 215 Å². The van der Waals surface area contributed by atoms with Gasteiger partial charge in [-0.3, -0.25) is 4.79 Å². The molecule has 6 N–H and O–H groups in total. The molecule has 0 bridgehead atoms. The van der Waals surface area contributed by atoms with Crippen molar-refractivity contribution >= 4 is 72.0 Å². The standard InChI is InChI=1S/C14H14.C8H20N2O2.C8H10.C6H8O4.C6H14O2.C5H13N.C5H10O.C5H10S.C5H12Si.C4H8.C3H8N2S.C3H9N.C3H8.C2H6S.6CH4/c1-11-3-7-13(8-4-11)14-9-5-12(2)6-10-14;1-9(5-7-11)3-4-10(2)6-8-12;1-7-3-5-8(2)6-4-7;1-9-5(7)3-4-6(8)10-2;1-3-4-6(7)5-8-2;1-3-4-5-6-2;2*1-3-5(6)4-2;1-5-6(2,3)4;1-4(2)3;1-4-3(6)5-2;1-4(2)3;2*1-3-2;;;;;;/h3-10H,1-2H3;11-12H,3-8H2,1-2H3;3-6H,1-2H3;3-4H,1-2H3;6-7H,3-5H2,1-2H3;6H,3-5H2,1-2H3;2*3-4H2,1-2H3;5H,1H2,2-4H3;1H2,2-3H3;1-2H3,(H2,4,5,6);1-3H3;3H2,1-2H3;1-2H3;6*1H4/b;;;4-3+;;;;;;;;;;;;;;;;. The summed E-state index contributed by atoms with van der Waals surface area (Å²) in [5.74, 6) is -0.814. The first-order valence-electron chi connectivity index (χ1n) is 33.6. The van der Waals surface area contributed by atoms with Crippen LogP contribution in [0.4, 0.5) is 0 Å². The van der Waals surface area contributed by atoms with Gasteiger partial charge in [0.2, 0.25) is 0 Å². The number of hydrogen-bond acceptors (Lipinski definition) is 16. The molecule has 0 aliphatic heterocycles. The van der Waals surface area contributed by atoms with Crippen molar-refractivity contribution in [1.29, 1.82) is 0 Å². The maximum absolute atomic E-state index is 10.3. The number of esters is 2. The maximum atomic E-state index is 10.3. The average molecular weight is 1520 g/mol. The average Bonchev–Trinajstić information content (AvgIpc) is 0.867. The third-order valence-electron chi connectivity index (χ3n) is 10.6. The number of ketones is 1. The van der Waals surface area contributed by atoms with E-state index in [1.165, 1.54) is 77.3 Å². The molecule has 0 amide bonds. The van der Waals surface area contributed by atoms with Gasteiger partial charge in [-0.25, -0.2) is 9.59 Å². The molecular weight excluding hydrogens is 1350 g/mol. The van der Waals surface area contributed by atoms with Crippen molar-refractivity contribution < 1.29 is 43.9 Å². The number of aryl methyl sites for hydroxylation is 4. The minimum Gasteiger partial charge on any atom is -0.466 e. The van der Waals surface area contributed by atoms with Gasteiger partial charge >= 0.3 is 11.9 Å².